The van der Waals surface area contributed by atoms with E-state index < -0.39 is 0 Å². The summed E-state index contributed by atoms with van der Waals surface area (Å²) < 4.78 is 2.76. The molecule has 2 aromatic rings. The summed E-state index contributed by atoms with van der Waals surface area (Å²) in [6.45, 7) is 6.89. The minimum absolute atomic E-state index is 0.103. The van der Waals surface area contributed by atoms with Crippen molar-refractivity contribution in [2.24, 2.45) is 0 Å². The smallest absolute Gasteiger partial charge is 0.228 e. The second-order valence-corrected chi connectivity index (χ2v) is 6.77. The Morgan fingerprint density at radius 2 is 1.70 bits per heavy atom. The molecule has 0 amide bonds. The van der Waals surface area contributed by atoms with Crippen molar-refractivity contribution >= 4 is 21.7 Å². The Bertz CT molecular complexity index is 612. The molecule has 0 aliphatic rings. The van der Waals surface area contributed by atoms with E-state index in [2.05, 4.69) is 48.8 Å². The van der Waals surface area contributed by atoms with Gasteiger partial charge in [0.2, 0.25) is 12.3 Å². The maximum atomic E-state index is 12.3. The lowest BCUT2D eigenvalue weighted by atomic mass is 9.88. The summed E-state index contributed by atoms with van der Waals surface area (Å²) in [5, 5.41) is 0. The van der Waals surface area contributed by atoms with Gasteiger partial charge in [0.05, 0.1) is 0 Å². The van der Waals surface area contributed by atoms with E-state index in [-0.39, 0.29) is 11.2 Å². The van der Waals surface area contributed by atoms with E-state index >= 15 is 0 Å². The van der Waals surface area contributed by atoms with Crippen LogP contribution in [-0.4, -0.2) is 5.78 Å². The highest BCUT2D eigenvalue weighted by Crippen LogP contribution is 2.20. The molecule has 1 aromatic heterocycles. The van der Waals surface area contributed by atoms with Gasteiger partial charge in [-0.1, -0.05) is 54.9 Å². The normalized spacial score (nSPS) is 11.4. The first-order chi connectivity index (χ1) is 9.38. The Morgan fingerprint density at radius 1 is 1.10 bits per heavy atom. The molecule has 0 spiro atoms. The summed E-state index contributed by atoms with van der Waals surface area (Å²) in [6.07, 6.45) is 3.94. The van der Waals surface area contributed by atoms with Crippen LogP contribution in [0.25, 0.3) is 0 Å². The van der Waals surface area contributed by atoms with Crippen molar-refractivity contribution < 1.29 is 9.36 Å². The highest BCUT2D eigenvalue weighted by atomic mass is 79.9. The van der Waals surface area contributed by atoms with E-state index in [1.54, 1.807) is 0 Å². The Morgan fingerprint density at radius 3 is 2.25 bits per heavy atom. The fourth-order valence-corrected chi connectivity index (χ4v) is 2.51. The molecule has 2 rings (SSSR count). The van der Waals surface area contributed by atoms with Crippen molar-refractivity contribution in [2.75, 3.05) is 0 Å². The van der Waals surface area contributed by atoms with E-state index in [0.717, 1.165) is 10.0 Å². The van der Waals surface area contributed by atoms with Crippen molar-refractivity contribution in [3.05, 3.63) is 64.4 Å². The van der Waals surface area contributed by atoms with Crippen LogP contribution in [-0.2, 0) is 12.0 Å². The minimum Gasteiger partial charge on any atom is -0.287 e. The molecule has 0 bridgehead atoms. The molecule has 0 saturated carbocycles. The van der Waals surface area contributed by atoms with Crippen LogP contribution in [0.15, 0.2) is 53.3 Å². The van der Waals surface area contributed by atoms with Crippen LogP contribution in [0.4, 0.5) is 0 Å². The number of carbonyl (C=O) groups excluding carboxylic acids is 1. The summed E-state index contributed by atoms with van der Waals surface area (Å²) in [7, 11) is 0. The Balaban J connectivity index is 2.15. The third-order valence-corrected chi connectivity index (χ3v) is 3.95. The number of pyridine rings is 1. The molecular formula is C17H19BrNO+. The highest BCUT2D eigenvalue weighted by Gasteiger charge is 2.17. The second kappa shape index (κ2) is 5.88. The van der Waals surface area contributed by atoms with Crippen LogP contribution >= 0.6 is 15.9 Å². The lowest BCUT2D eigenvalue weighted by Crippen LogP contribution is -2.37. The topological polar surface area (TPSA) is 20.9 Å². The molecular weight excluding hydrogens is 314 g/mol. The molecule has 0 atom stereocenters. The quantitative estimate of drug-likeness (QED) is 0.616. The van der Waals surface area contributed by atoms with Crippen LogP contribution in [0.5, 0.6) is 0 Å². The molecule has 3 heteroatoms. The summed E-state index contributed by atoms with van der Waals surface area (Å²) >= 11 is 3.42. The molecule has 0 N–H and O–H groups in total. The predicted octanol–water partition coefficient (Wildman–Crippen LogP) is 3.92. The maximum absolute atomic E-state index is 12.3. The number of nitrogens with zero attached hydrogens (tertiary/aromatic N) is 1. The number of hydrogen-bond acceptors (Lipinski definition) is 1. The molecule has 0 radical (unpaired) electrons. The molecule has 20 heavy (non-hydrogen) atoms. The zero-order valence-electron chi connectivity index (χ0n) is 12.1. The van der Waals surface area contributed by atoms with Crippen molar-refractivity contribution in [1.82, 2.24) is 0 Å². The monoisotopic (exact) mass is 332 g/mol. The molecule has 1 aromatic carbocycles. The van der Waals surface area contributed by atoms with Gasteiger partial charge < -0.3 is 0 Å². The highest BCUT2D eigenvalue weighted by molar-refractivity contribution is 9.10. The van der Waals surface area contributed by atoms with Gasteiger partial charge in [0.1, 0.15) is 0 Å². The van der Waals surface area contributed by atoms with Gasteiger partial charge in [0, 0.05) is 22.2 Å². The van der Waals surface area contributed by atoms with Gasteiger partial charge in [-0.25, -0.2) is 0 Å². The van der Waals surface area contributed by atoms with E-state index in [1.807, 2.05) is 41.2 Å². The molecule has 0 aliphatic carbocycles. The number of benzene rings is 1. The van der Waals surface area contributed by atoms with Crippen molar-refractivity contribution in [3.63, 3.8) is 0 Å². The fourth-order valence-electron chi connectivity index (χ4n) is 2.00. The molecule has 1 heterocycles. The van der Waals surface area contributed by atoms with Gasteiger partial charge in [-0.3, -0.25) is 4.79 Å². The van der Waals surface area contributed by atoms with Crippen LogP contribution in [0.2, 0.25) is 0 Å². The standard InChI is InChI=1S/C17H19BrNO/c1-17(2,3)13-8-10-19(11-9-13)12-16(20)14-6-4-5-7-15(14)18/h4-11H,12H2,1-3H3/q+1. The number of hydrogen-bond donors (Lipinski definition) is 0. The number of aromatic nitrogens is 1. The van der Waals surface area contributed by atoms with Gasteiger partial charge in [0.15, 0.2) is 12.4 Å². The Hall–Kier alpha value is -1.48. The SMILES string of the molecule is CC(C)(C)c1cc[n+](CC(=O)c2ccccc2Br)cc1. The zero-order valence-corrected chi connectivity index (χ0v) is 13.6. The molecule has 0 unspecified atom stereocenters. The minimum atomic E-state index is 0.103. The van der Waals surface area contributed by atoms with Crippen molar-refractivity contribution in [2.45, 2.75) is 32.7 Å². The van der Waals surface area contributed by atoms with E-state index in [9.17, 15) is 4.79 Å². The van der Waals surface area contributed by atoms with Gasteiger partial charge in [-0.05, 0) is 17.0 Å². The number of carbonyl (C=O) groups is 1. The first-order valence-corrected chi connectivity index (χ1v) is 7.44. The van der Waals surface area contributed by atoms with Crippen LogP contribution in [0, 0.1) is 0 Å². The third kappa shape index (κ3) is 3.54. The molecule has 104 valence electrons. The average Bonchev–Trinajstić information content (AvgIpc) is 2.38. The zero-order chi connectivity index (χ0) is 14.8. The van der Waals surface area contributed by atoms with Gasteiger partial charge >= 0.3 is 0 Å². The average molecular weight is 333 g/mol. The van der Waals surface area contributed by atoms with Crippen LogP contribution in [0.1, 0.15) is 36.7 Å². The molecule has 0 aliphatic heterocycles. The number of halogens is 1. The Kier molecular flexibility index (Phi) is 4.39. The number of ketones is 1. The summed E-state index contributed by atoms with van der Waals surface area (Å²) in [5.41, 5.74) is 2.12. The summed E-state index contributed by atoms with van der Waals surface area (Å²) in [4.78, 5) is 12.3. The van der Waals surface area contributed by atoms with Crippen molar-refractivity contribution in [1.29, 1.82) is 0 Å². The summed E-state index contributed by atoms with van der Waals surface area (Å²) in [5.74, 6) is 0.103. The lowest BCUT2D eigenvalue weighted by Gasteiger charge is -2.17. The first-order valence-electron chi connectivity index (χ1n) is 6.65. The number of Topliss-reactive ketones (excluding diaryl/α,β-unsaturated/α-hetero) is 1. The number of rotatable bonds is 3. The first kappa shape index (κ1) is 14.9. The second-order valence-electron chi connectivity index (χ2n) is 5.91. The summed E-state index contributed by atoms with van der Waals surface area (Å²) in [6, 6.07) is 11.7. The molecule has 0 fully saturated rings. The lowest BCUT2D eigenvalue weighted by molar-refractivity contribution is -0.683. The van der Waals surface area contributed by atoms with Crippen LogP contribution in [0.3, 0.4) is 0 Å². The van der Waals surface area contributed by atoms with Crippen LogP contribution < -0.4 is 4.57 Å². The fraction of sp³-hybridized carbons (Fsp3) is 0.294. The predicted molar refractivity (Wildman–Crippen MR) is 83.8 cm³/mol. The van der Waals surface area contributed by atoms with Gasteiger partial charge in [-0.2, -0.15) is 4.57 Å². The molecule has 2 nitrogen and oxygen atoms in total. The third-order valence-electron chi connectivity index (χ3n) is 3.26. The van der Waals surface area contributed by atoms with Gasteiger partial charge in [0.25, 0.3) is 0 Å². The molecule has 0 saturated heterocycles. The maximum Gasteiger partial charge on any atom is 0.228 e. The van der Waals surface area contributed by atoms with E-state index in [0.29, 0.717) is 6.54 Å². The van der Waals surface area contributed by atoms with E-state index in [1.165, 1.54) is 5.56 Å². The van der Waals surface area contributed by atoms with Gasteiger partial charge in [-0.15, -0.1) is 0 Å². The van der Waals surface area contributed by atoms with Crippen molar-refractivity contribution in [3.8, 4) is 0 Å². The largest absolute Gasteiger partial charge is 0.287 e. The Labute approximate surface area is 128 Å². The van der Waals surface area contributed by atoms with E-state index in [4.69, 9.17) is 0 Å².